The number of hydrogen-bond donors (Lipinski definition) is 2. The van der Waals surface area contributed by atoms with Crippen molar-refractivity contribution in [3.63, 3.8) is 0 Å². The molecule has 128 valence electrons. The van der Waals surface area contributed by atoms with Crippen LogP contribution in [0.3, 0.4) is 0 Å². The van der Waals surface area contributed by atoms with E-state index >= 15 is 0 Å². The first kappa shape index (κ1) is 17.0. The minimum absolute atomic E-state index is 0.149. The highest BCUT2D eigenvalue weighted by Gasteiger charge is 2.29. The van der Waals surface area contributed by atoms with E-state index in [9.17, 15) is 14.4 Å². The van der Waals surface area contributed by atoms with Crippen molar-refractivity contribution in [2.24, 2.45) is 0 Å². The summed E-state index contributed by atoms with van der Waals surface area (Å²) in [6.45, 7) is 0.655. The fourth-order valence-electron chi connectivity index (χ4n) is 2.96. The van der Waals surface area contributed by atoms with Gasteiger partial charge in [0.1, 0.15) is 0 Å². The van der Waals surface area contributed by atoms with Gasteiger partial charge >= 0.3 is 0 Å². The van der Waals surface area contributed by atoms with Crippen LogP contribution >= 0.6 is 0 Å². The van der Waals surface area contributed by atoms with Gasteiger partial charge in [-0.2, -0.15) is 0 Å². The summed E-state index contributed by atoms with van der Waals surface area (Å²) >= 11 is 0. The zero-order chi connectivity index (χ0) is 17.8. The number of aliphatic hydroxyl groups is 1. The van der Waals surface area contributed by atoms with E-state index in [4.69, 9.17) is 5.11 Å². The molecule has 0 saturated carbocycles. The Bertz CT molecular complexity index is 841. The molecule has 0 atom stereocenters. The third kappa shape index (κ3) is 3.37. The zero-order valence-electron chi connectivity index (χ0n) is 13.7. The largest absolute Gasteiger partial charge is 0.396 e. The molecule has 5 heteroatoms. The highest BCUT2D eigenvalue weighted by molar-refractivity contribution is 6.28. The fraction of sp³-hybridized carbons (Fsp3) is 0.250. The number of carbonyl (C=O) groups excluding carboxylic acids is 3. The molecule has 0 bridgehead atoms. The van der Waals surface area contributed by atoms with Crippen LogP contribution in [0.25, 0.3) is 0 Å². The van der Waals surface area contributed by atoms with Crippen LogP contribution in [0.1, 0.15) is 61.5 Å². The first-order chi connectivity index (χ1) is 12.1. The minimum atomic E-state index is -0.272. The average molecular weight is 337 g/mol. The van der Waals surface area contributed by atoms with Crippen molar-refractivity contribution in [2.75, 3.05) is 13.2 Å². The maximum atomic E-state index is 12.7. The van der Waals surface area contributed by atoms with E-state index in [1.54, 1.807) is 36.4 Å². The predicted molar refractivity (Wildman–Crippen MR) is 93.0 cm³/mol. The average Bonchev–Trinajstić information content (AvgIpc) is 2.65. The van der Waals surface area contributed by atoms with Crippen molar-refractivity contribution in [2.45, 2.75) is 19.3 Å². The molecule has 5 nitrogen and oxygen atoms in total. The Hall–Kier alpha value is -2.79. The number of unbranched alkanes of at least 4 members (excludes halogenated alkanes) is 2. The van der Waals surface area contributed by atoms with Crippen molar-refractivity contribution in [1.82, 2.24) is 5.32 Å². The van der Waals surface area contributed by atoms with Crippen LogP contribution in [0.4, 0.5) is 0 Å². The number of aliphatic hydroxyl groups excluding tert-OH is 1. The maximum Gasteiger partial charge on any atom is 0.251 e. The predicted octanol–water partition coefficient (Wildman–Crippen LogP) is 2.35. The van der Waals surface area contributed by atoms with Crippen LogP contribution in [-0.2, 0) is 0 Å². The molecule has 1 amide bonds. The van der Waals surface area contributed by atoms with E-state index in [2.05, 4.69) is 5.32 Å². The van der Waals surface area contributed by atoms with Crippen LogP contribution in [0.5, 0.6) is 0 Å². The van der Waals surface area contributed by atoms with Gasteiger partial charge in [-0.15, -0.1) is 0 Å². The standard InChI is InChI=1S/C20H19NO4/c22-11-5-1-4-10-21-20(25)13-8-9-16-17(12-13)19(24)15-7-3-2-6-14(15)18(16)23/h2-3,6-9,12,22H,1,4-5,10-11H2,(H,21,25). The summed E-state index contributed by atoms with van der Waals surface area (Å²) in [5, 5.41) is 11.5. The molecular formula is C20H19NO4. The molecule has 0 radical (unpaired) electrons. The van der Waals surface area contributed by atoms with Crippen molar-refractivity contribution in [1.29, 1.82) is 0 Å². The Kier molecular flexibility index (Phi) is 5.05. The van der Waals surface area contributed by atoms with Gasteiger partial charge in [-0.25, -0.2) is 0 Å². The molecule has 0 heterocycles. The van der Waals surface area contributed by atoms with Crippen molar-refractivity contribution < 1.29 is 19.5 Å². The lowest BCUT2D eigenvalue weighted by atomic mass is 9.83. The van der Waals surface area contributed by atoms with E-state index in [0.29, 0.717) is 35.2 Å². The zero-order valence-corrected chi connectivity index (χ0v) is 13.7. The minimum Gasteiger partial charge on any atom is -0.396 e. The molecule has 2 aromatic rings. The topological polar surface area (TPSA) is 83.5 Å². The molecule has 2 N–H and O–H groups in total. The highest BCUT2D eigenvalue weighted by Crippen LogP contribution is 2.27. The van der Waals surface area contributed by atoms with Crippen LogP contribution in [0, 0.1) is 0 Å². The van der Waals surface area contributed by atoms with Gasteiger partial charge in [0.05, 0.1) is 0 Å². The first-order valence-electron chi connectivity index (χ1n) is 8.35. The van der Waals surface area contributed by atoms with E-state index < -0.39 is 0 Å². The SMILES string of the molecule is O=C(NCCCCCO)c1ccc2c(c1)C(=O)c1ccccc1C2=O. The van der Waals surface area contributed by atoms with Crippen molar-refractivity contribution in [3.8, 4) is 0 Å². The summed E-state index contributed by atoms with van der Waals surface area (Å²) < 4.78 is 0. The summed E-state index contributed by atoms with van der Waals surface area (Å²) in [4.78, 5) is 37.4. The molecule has 0 aromatic heterocycles. The van der Waals surface area contributed by atoms with Crippen molar-refractivity contribution >= 4 is 17.5 Å². The normalized spacial score (nSPS) is 12.5. The van der Waals surface area contributed by atoms with Gasteiger partial charge in [-0.3, -0.25) is 14.4 Å². The molecule has 0 fully saturated rings. The Balaban J connectivity index is 1.79. The Morgan fingerprint density at radius 1 is 0.840 bits per heavy atom. The van der Waals surface area contributed by atoms with E-state index in [-0.39, 0.29) is 29.6 Å². The summed E-state index contributed by atoms with van der Waals surface area (Å²) in [5.74, 6) is -0.699. The lowest BCUT2D eigenvalue weighted by Gasteiger charge is -2.17. The molecule has 0 unspecified atom stereocenters. The molecule has 1 aliphatic rings. The van der Waals surface area contributed by atoms with Gasteiger partial charge in [0, 0.05) is 41.0 Å². The highest BCUT2D eigenvalue weighted by atomic mass is 16.3. The molecule has 3 rings (SSSR count). The molecule has 0 aliphatic heterocycles. The Morgan fingerprint density at radius 3 is 2.16 bits per heavy atom. The van der Waals surface area contributed by atoms with E-state index in [0.717, 1.165) is 12.8 Å². The Labute approximate surface area is 145 Å². The second kappa shape index (κ2) is 7.40. The number of carbonyl (C=O) groups is 3. The smallest absolute Gasteiger partial charge is 0.251 e. The quantitative estimate of drug-likeness (QED) is 0.676. The molecule has 0 saturated heterocycles. The monoisotopic (exact) mass is 337 g/mol. The molecule has 0 spiro atoms. The van der Waals surface area contributed by atoms with Gasteiger partial charge in [0.15, 0.2) is 11.6 Å². The summed E-state index contributed by atoms with van der Waals surface area (Å²) in [6.07, 6.45) is 2.33. The fourth-order valence-corrected chi connectivity index (χ4v) is 2.96. The number of nitrogens with one attached hydrogen (secondary N) is 1. The lowest BCUT2D eigenvalue weighted by molar-refractivity contribution is 0.0950. The lowest BCUT2D eigenvalue weighted by Crippen LogP contribution is -2.26. The number of hydrogen-bond acceptors (Lipinski definition) is 4. The van der Waals surface area contributed by atoms with Crippen LogP contribution < -0.4 is 5.32 Å². The van der Waals surface area contributed by atoms with Crippen LogP contribution in [0.15, 0.2) is 42.5 Å². The van der Waals surface area contributed by atoms with Crippen LogP contribution in [0.2, 0.25) is 0 Å². The number of benzene rings is 2. The van der Waals surface area contributed by atoms with Gasteiger partial charge in [-0.05, 0) is 37.5 Å². The van der Waals surface area contributed by atoms with Crippen LogP contribution in [-0.4, -0.2) is 35.7 Å². The van der Waals surface area contributed by atoms with Gasteiger partial charge in [0.25, 0.3) is 5.91 Å². The molecule has 1 aliphatic carbocycles. The number of amides is 1. The third-order valence-electron chi connectivity index (χ3n) is 4.31. The van der Waals surface area contributed by atoms with Gasteiger partial charge in [0.2, 0.25) is 0 Å². The molecular weight excluding hydrogens is 318 g/mol. The summed E-state index contributed by atoms with van der Waals surface area (Å²) in [5.41, 5.74) is 1.75. The third-order valence-corrected chi connectivity index (χ3v) is 4.31. The number of rotatable bonds is 6. The van der Waals surface area contributed by atoms with E-state index in [1.807, 2.05) is 0 Å². The summed E-state index contributed by atoms with van der Waals surface area (Å²) in [7, 11) is 0. The van der Waals surface area contributed by atoms with Gasteiger partial charge < -0.3 is 10.4 Å². The number of fused-ring (bicyclic) bond motifs is 2. The molecule has 25 heavy (non-hydrogen) atoms. The maximum absolute atomic E-state index is 12.7. The second-order valence-electron chi connectivity index (χ2n) is 6.00. The first-order valence-corrected chi connectivity index (χ1v) is 8.35. The summed E-state index contributed by atoms with van der Waals surface area (Å²) in [6, 6.07) is 11.3. The Morgan fingerprint density at radius 2 is 1.48 bits per heavy atom. The van der Waals surface area contributed by atoms with Crippen molar-refractivity contribution in [3.05, 3.63) is 70.3 Å². The number of ketones is 2. The second-order valence-corrected chi connectivity index (χ2v) is 6.00. The molecule has 2 aromatic carbocycles. The van der Waals surface area contributed by atoms with E-state index in [1.165, 1.54) is 6.07 Å². The van der Waals surface area contributed by atoms with Gasteiger partial charge in [-0.1, -0.05) is 24.3 Å².